The lowest BCUT2D eigenvalue weighted by atomic mass is 10.2. The zero-order valence-corrected chi connectivity index (χ0v) is 11.4. The van der Waals surface area contributed by atoms with E-state index in [9.17, 15) is 9.59 Å². The third-order valence-electron chi connectivity index (χ3n) is 2.50. The molecule has 6 heteroatoms. The van der Waals surface area contributed by atoms with Crippen molar-refractivity contribution >= 4 is 17.8 Å². The monoisotopic (exact) mass is 266 g/mol. The van der Waals surface area contributed by atoms with Gasteiger partial charge in [0.2, 0.25) is 0 Å². The van der Waals surface area contributed by atoms with Crippen LogP contribution in [0.2, 0.25) is 0 Å². The molecule has 0 N–H and O–H groups in total. The molecule has 19 heavy (non-hydrogen) atoms. The van der Waals surface area contributed by atoms with E-state index < -0.39 is 5.97 Å². The summed E-state index contributed by atoms with van der Waals surface area (Å²) in [6.07, 6.45) is 1.57. The largest absolute Gasteiger partial charge is 0.465 e. The summed E-state index contributed by atoms with van der Waals surface area (Å²) in [6, 6.07) is 3.26. The number of anilines is 1. The van der Waals surface area contributed by atoms with Gasteiger partial charge in [-0.1, -0.05) is 0 Å². The first-order valence-corrected chi connectivity index (χ1v) is 6.07. The number of esters is 2. The first-order valence-electron chi connectivity index (χ1n) is 6.07. The zero-order valence-electron chi connectivity index (χ0n) is 11.4. The van der Waals surface area contributed by atoms with E-state index >= 15 is 0 Å². The van der Waals surface area contributed by atoms with E-state index in [0.29, 0.717) is 24.5 Å². The van der Waals surface area contributed by atoms with Gasteiger partial charge < -0.3 is 14.4 Å². The molecule has 0 aromatic carbocycles. The quantitative estimate of drug-likeness (QED) is 0.722. The summed E-state index contributed by atoms with van der Waals surface area (Å²) in [4.78, 5) is 29.0. The maximum atomic E-state index is 11.7. The number of carbonyl (C=O) groups is 2. The van der Waals surface area contributed by atoms with E-state index in [1.54, 1.807) is 30.2 Å². The Hall–Kier alpha value is -2.11. The molecule has 0 atom stereocenters. The highest BCUT2D eigenvalue weighted by atomic mass is 16.5. The Morgan fingerprint density at radius 1 is 1.37 bits per heavy atom. The number of rotatable bonds is 6. The molecular formula is C13H18N2O4. The number of methoxy groups -OCH3 is 1. The molecule has 0 aliphatic heterocycles. The maximum absolute atomic E-state index is 11.7. The predicted octanol–water partition coefficient (Wildman–Crippen LogP) is 1.26. The second-order valence-electron chi connectivity index (χ2n) is 3.69. The van der Waals surface area contributed by atoms with Gasteiger partial charge in [-0.3, -0.25) is 4.79 Å². The van der Waals surface area contributed by atoms with Gasteiger partial charge in [0, 0.05) is 12.7 Å². The van der Waals surface area contributed by atoms with Crippen LogP contribution in [0.15, 0.2) is 18.3 Å². The highest BCUT2D eigenvalue weighted by Crippen LogP contribution is 2.17. The smallest absolute Gasteiger partial charge is 0.341 e. The van der Waals surface area contributed by atoms with E-state index in [1.165, 1.54) is 7.11 Å². The van der Waals surface area contributed by atoms with E-state index in [0.717, 1.165) is 0 Å². The van der Waals surface area contributed by atoms with Gasteiger partial charge in [-0.25, -0.2) is 9.78 Å². The lowest BCUT2D eigenvalue weighted by molar-refractivity contribution is -0.141. The van der Waals surface area contributed by atoms with Crippen LogP contribution in [0.5, 0.6) is 0 Å². The number of ether oxygens (including phenoxy) is 2. The highest BCUT2D eigenvalue weighted by Gasteiger charge is 2.19. The van der Waals surface area contributed by atoms with Crippen LogP contribution in [-0.4, -0.2) is 43.7 Å². The zero-order chi connectivity index (χ0) is 14.3. The first-order chi connectivity index (χ1) is 9.13. The molecule has 0 spiro atoms. The minimum atomic E-state index is -0.481. The van der Waals surface area contributed by atoms with Crippen molar-refractivity contribution in [3.63, 3.8) is 0 Å². The van der Waals surface area contributed by atoms with Crippen LogP contribution >= 0.6 is 0 Å². The molecule has 1 rings (SSSR count). The molecule has 0 unspecified atom stereocenters. The summed E-state index contributed by atoms with van der Waals surface area (Å²) < 4.78 is 9.60. The fourth-order valence-electron chi connectivity index (χ4n) is 1.62. The van der Waals surface area contributed by atoms with Crippen molar-refractivity contribution < 1.29 is 19.1 Å². The van der Waals surface area contributed by atoms with Crippen LogP contribution in [-0.2, 0) is 14.3 Å². The Labute approximate surface area is 112 Å². The fraction of sp³-hybridized carbons (Fsp3) is 0.462. The molecule has 0 saturated carbocycles. The van der Waals surface area contributed by atoms with Gasteiger partial charge in [0.15, 0.2) is 0 Å². The molecule has 1 heterocycles. The van der Waals surface area contributed by atoms with Gasteiger partial charge in [0.05, 0.1) is 13.7 Å². The van der Waals surface area contributed by atoms with E-state index in [1.807, 2.05) is 6.92 Å². The van der Waals surface area contributed by atoms with Crippen molar-refractivity contribution in [3.8, 4) is 0 Å². The van der Waals surface area contributed by atoms with Gasteiger partial charge in [-0.15, -0.1) is 0 Å². The topological polar surface area (TPSA) is 68.7 Å². The molecule has 104 valence electrons. The third kappa shape index (κ3) is 3.94. The molecule has 0 aliphatic carbocycles. The van der Waals surface area contributed by atoms with Crippen LogP contribution in [0.25, 0.3) is 0 Å². The first kappa shape index (κ1) is 14.9. The van der Waals surface area contributed by atoms with Crippen molar-refractivity contribution in [2.45, 2.75) is 13.8 Å². The molecular weight excluding hydrogens is 248 g/mol. The fourth-order valence-corrected chi connectivity index (χ4v) is 1.62. The molecule has 0 fully saturated rings. The van der Waals surface area contributed by atoms with Gasteiger partial charge in [-0.05, 0) is 26.0 Å². The van der Waals surface area contributed by atoms with Crippen LogP contribution in [0.3, 0.4) is 0 Å². The number of nitrogens with zero attached hydrogens (tertiary/aromatic N) is 2. The van der Waals surface area contributed by atoms with E-state index in [4.69, 9.17) is 9.47 Å². The number of carbonyl (C=O) groups excluding carboxylic acids is 2. The van der Waals surface area contributed by atoms with Gasteiger partial charge in [0.1, 0.15) is 17.9 Å². The van der Waals surface area contributed by atoms with Crippen molar-refractivity contribution in [3.05, 3.63) is 23.9 Å². The number of hydrogen-bond acceptors (Lipinski definition) is 6. The van der Waals surface area contributed by atoms with Crippen molar-refractivity contribution in [1.29, 1.82) is 0 Å². The summed E-state index contributed by atoms with van der Waals surface area (Å²) >= 11 is 0. The van der Waals surface area contributed by atoms with Gasteiger partial charge >= 0.3 is 11.9 Å². The van der Waals surface area contributed by atoms with E-state index in [2.05, 4.69) is 4.98 Å². The molecule has 1 aromatic heterocycles. The molecule has 0 aliphatic rings. The molecule has 0 bridgehead atoms. The third-order valence-corrected chi connectivity index (χ3v) is 2.50. The normalized spacial score (nSPS) is 9.84. The minimum Gasteiger partial charge on any atom is -0.465 e. The number of pyridine rings is 1. The lowest BCUT2D eigenvalue weighted by Gasteiger charge is -2.22. The standard InChI is InChI=1S/C13H18N2O4/c1-4-15(9-11(16)19-5-2)12-10(13(17)18-3)7-6-8-14-12/h6-8H,4-5,9H2,1-3H3. The summed E-state index contributed by atoms with van der Waals surface area (Å²) in [7, 11) is 1.31. The molecule has 0 saturated heterocycles. The van der Waals surface area contributed by atoms with Gasteiger partial charge in [-0.2, -0.15) is 0 Å². The van der Waals surface area contributed by atoms with Crippen LogP contribution in [0.1, 0.15) is 24.2 Å². The molecule has 0 amide bonds. The van der Waals surface area contributed by atoms with E-state index in [-0.39, 0.29) is 12.5 Å². The highest BCUT2D eigenvalue weighted by molar-refractivity contribution is 5.95. The summed E-state index contributed by atoms with van der Waals surface area (Å²) in [5.41, 5.74) is 0.330. The Morgan fingerprint density at radius 3 is 2.68 bits per heavy atom. The number of aromatic nitrogens is 1. The van der Waals surface area contributed by atoms with Crippen LogP contribution < -0.4 is 4.90 Å². The lowest BCUT2D eigenvalue weighted by Crippen LogP contribution is -2.32. The molecule has 0 radical (unpaired) electrons. The number of likely N-dealkylation sites (N-methyl/N-ethyl adjacent to an activating group) is 1. The Balaban J connectivity index is 2.98. The minimum absolute atomic E-state index is 0.0470. The van der Waals surface area contributed by atoms with Crippen molar-refractivity contribution in [2.24, 2.45) is 0 Å². The second-order valence-corrected chi connectivity index (χ2v) is 3.69. The summed E-state index contributed by atoms with van der Waals surface area (Å²) in [5.74, 6) is -0.416. The maximum Gasteiger partial charge on any atom is 0.341 e. The average Bonchev–Trinajstić information content (AvgIpc) is 2.44. The molecule has 6 nitrogen and oxygen atoms in total. The Morgan fingerprint density at radius 2 is 2.11 bits per heavy atom. The van der Waals surface area contributed by atoms with Crippen LogP contribution in [0, 0.1) is 0 Å². The Bertz CT molecular complexity index is 448. The predicted molar refractivity (Wildman–Crippen MR) is 70.1 cm³/mol. The van der Waals surface area contributed by atoms with Crippen molar-refractivity contribution in [1.82, 2.24) is 4.98 Å². The summed E-state index contributed by atoms with van der Waals surface area (Å²) in [5, 5.41) is 0. The van der Waals surface area contributed by atoms with Gasteiger partial charge in [0.25, 0.3) is 0 Å². The second kappa shape index (κ2) is 7.35. The SMILES string of the molecule is CCOC(=O)CN(CC)c1ncccc1C(=O)OC. The van der Waals surface area contributed by atoms with Crippen LogP contribution in [0.4, 0.5) is 5.82 Å². The number of hydrogen-bond donors (Lipinski definition) is 0. The Kier molecular flexibility index (Phi) is 5.78. The van der Waals surface area contributed by atoms with Crippen molar-refractivity contribution in [2.75, 3.05) is 31.7 Å². The average molecular weight is 266 g/mol. The summed E-state index contributed by atoms with van der Waals surface area (Å²) in [6.45, 7) is 4.51. The molecule has 1 aromatic rings.